The molecule has 0 heterocycles. The van der Waals surface area contributed by atoms with E-state index < -0.39 is 6.10 Å². The molecular formula is C39H71ClO4. The number of alkyl halides is 1. The SMILES string of the molecule is CCCCCCCCC=CCCCCCCCC(=O)OCC(CCl)OC(=O)CCCCCCCC=CCCCCCCCC. The van der Waals surface area contributed by atoms with Crippen LogP contribution in [0.3, 0.4) is 0 Å². The lowest BCUT2D eigenvalue weighted by molar-refractivity contribution is -0.157. The average Bonchev–Trinajstić information content (AvgIpc) is 3.02. The Morgan fingerprint density at radius 1 is 0.500 bits per heavy atom. The van der Waals surface area contributed by atoms with Crippen LogP contribution in [0.5, 0.6) is 0 Å². The lowest BCUT2D eigenvalue weighted by Crippen LogP contribution is -2.26. The highest BCUT2D eigenvalue weighted by atomic mass is 35.5. The number of ether oxygens (including phenoxy) is 2. The third-order valence-electron chi connectivity index (χ3n) is 8.19. The maximum Gasteiger partial charge on any atom is 0.306 e. The van der Waals surface area contributed by atoms with Crippen LogP contribution in [0.4, 0.5) is 0 Å². The van der Waals surface area contributed by atoms with Crippen LogP contribution >= 0.6 is 11.6 Å². The number of halogens is 1. The zero-order valence-electron chi connectivity index (χ0n) is 29.1. The van der Waals surface area contributed by atoms with Crippen LogP contribution < -0.4 is 0 Å². The normalized spacial score (nSPS) is 12.3. The van der Waals surface area contributed by atoms with Gasteiger partial charge in [0.05, 0.1) is 5.88 Å². The first kappa shape index (κ1) is 42.7. The Morgan fingerprint density at radius 2 is 0.841 bits per heavy atom. The quantitative estimate of drug-likeness (QED) is 0.0304. The molecule has 0 N–H and O–H groups in total. The number of hydrogen-bond donors (Lipinski definition) is 0. The van der Waals surface area contributed by atoms with Gasteiger partial charge in [0.1, 0.15) is 12.7 Å². The fourth-order valence-electron chi connectivity index (χ4n) is 5.29. The molecular weight excluding hydrogens is 568 g/mol. The molecule has 0 rings (SSSR count). The van der Waals surface area contributed by atoms with Gasteiger partial charge in [-0.15, -0.1) is 11.6 Å². The van der Waals surface area contributed by atoms with E-state index in [-0.39, 0.29) is 24.4 Å². The first-order chi connectivity index (χ1) is 21.6. The van der Waals surface area contributed by atoms with E-state index in [2.05, 4.69) is 38.2 Å². The molecule has 0 saturated heterocycles. The van der Waals surface area contributed by atoms with Crippen molar-refractivity contribution in [3.63, 3.8) is 0 Å². The third-order valence-corrected chi connectivity index (χ3v) is 8.53. The van der Waals surface area contributed by atoms with Gasteiger partial charge in [-0.1, -0.05) is 141 Å². The van der Waals surface area contributed by atoms with E-state index >= 15 is 0 Å². The summed E-state index contributed by atoms with van der Waals surface area (Å²) in [5.41, 5.74) is 0. The van der Waals surface area contributed by atoms with Crippen molar-refractivity contribution in [3.8, 4) is 0 Å². The summed E-state index contributed by atoms with van der Waals surface area (Å²) in [6, 6.07) is 0. The van der Waals surface area contributed by atoms with Gasteiger partial charge < -0.3 is 9.47 Å². The minimum atomic E-state index is -0.564. The second-order valence-corrected chi connectivity index (χ2v) is 12.9. The summed E-state index contributed by atoms with van der Waals surface area (Å²) >= 11 is 5.96. The van der Waals surface area contributed by atoms with E-state index in [1.807, 2.05) is 0 Å². The van der Waals surface area contributed by atoms with Crippen molar-refractivity contribution in [1.82, 2.24) is 0 Å². The predicted octanol–water partition coefficient (Wildman–Crippen LogP) is 12.8. The second kappa shape index (κ2) is 36.2. The smallest absolute Gasteiger partial charge is 0.306 e. The number of hydrogen-bond acceptors (Lipinski definition) is 4. The van der Waals surface area contributed by atoms with Crippen molar-refractivity contribution in [1.29, 1.82) is 0 Å². The van der Waals surface area contributed by atoms with E-state index in [9.17, 15) is 9.59 Å². The van der Waals surface area contributed by atoms with Crippen LogP contribution in [0.25, 0.3) is 0 Å². The lowest BCUT2D eigenvalue weighted by Gasteiger charge is -2.15. The number of carbonyl (C=O) groups is 2. The fourth-order valence-corrected chi connectivity index (χ4v) is 5.45. The van der Waals surface area contributed by atoms with Crippen LogP contribution in [-0.4, -0.2) is 30.5 Å². The largest absolute Gasteiger partial charge is 0.462 e. The first-order valence-corrected chi connectivity index (χ1v) is 19.4. The lowest BCUT2D eigenvalue weighted by atomic mass is 10.1. The van der Waals surface area contributed by atoms with Crippen molar-refractivity contribution in [2.45, 2.75) is 200 Å². The van der Waals surface area contributed by atoms with Gasteiger partial charge in [0.15, 0.2) is 0 Å². The maximum atomic E-state index is 12.2. The molecule has 0 aromatic heterocycles. The molecule has 1 atom stereocenters. The minimum absolute atomic E-state index is 0.0471. The molecule has 0 fully saturated rings. The highest BCUT2D eigenvalue weighted by molar-refractivity contribution is 6.18. The molecule has 0 aromatic rings. The minimum Gasteiger partial charge on any atom is -0.462 e. The van der Waals surface area contributed by atoms with E-state index in [0.717, 1.165) is 51.4 Å². The Morgan fingerprint density at radius 3 is 1.23 bits per heavy atom. The van der Waals surface area contributed by atoms with Crippen LogP contribution in [0.2, 0.25) is 0 Å². The van der Waals surface area contributed by atoms with E-state index in [0.29, 0.717) is 12.8 Å². The van der Waals surface area contributed by atoms with E-state index in [1.54, 1.807) is 0 Å². The summed E-state index contributed by atoms with van der Waals surface area (Å²) in [6.07, 6.45) is 41.5. The summed E-state index contributed by atoms with van der Waals surface area (Å²) in [7, 11) is 0. The van der Waals surface area contributed by atoms with Gasteiger partial charge in [-0.3, -0.25) is 9.59 Å². The molecule has 0 bridgehead atoms. The van der Waals surface area contributed by atoms with Gasteiger partial charge in [-0.2, -0.15) is 0 Å². The standard InChI is InChI=1S/C39H71ClO4/c1-3-5-7-9-11-13-15-17-19-21-23-25-27-29-31-33-38(41)43-36-37(35-40)44-39(42)34-32-30-28-26-24-22-20-18-16-14-12-10-8-6-4-2/h17-20,37H,3-16,21-36H2,1-2H3. The molecule has 0 saturated carbocycles. The van der Waals surface area contributed by atoms with Crippen LogP contribution in [0.1, 0.15) is 194 Å². The first-order valence-electron chi connectivity index (χ1n) is 18.8. The molecule has 0 aliphatic rings. The molecule has 4 nitrogen and oxygen atoms in total. The van der Waals surface area contributed by atoms with E-state index in [1.165, 1.54) is 116 Å². The molecule has 0 aromatic carbocycles. The predicted molar refractivity (Wildman–Crippen MR) is 190 cm³/mol. The molecule has 0 aliphatic heterocycles. The number of rotatable bonds is 34. The summed E-state index contributed by atoms with van der Waals surface area (Å²) < 4.78 is 10.8. The third kappa shape index (κ3) is 33.6. The summed E-state index contributed by atoms with van der Waals surface area (Å²) in [5.74, 6) is -0.341. The van der Waals surface area contributed by atoms with Crippen molar-refractivity contribution in [2.75, 3.05) is 12.5 Å². The van der Waals surface area contributed by atoms with Crippen molar-refractivity contribution < 1.29 is 19.1 Å². The molecule has 258 valence electrons. The number of carbonyl (C=O) groups excluding carboxylic acids is 2. The molecule has 44 heavy (non-hydrogen) atoms. The Bertz CT molecular complexity index is 675. The van der Waals surface area contributed by atoms with Gasteiger partial charge in [-0.05, 0) is 64.2 Å². The van der Waals surface area contributed by atoms with Gasteiger partial charge in [0.25, 0.3) is 0 Å². The molecule has 0 amide bonds. The Kier molecular flexibility index (Phi) is 35.1. The fraction of sp³-hybridized carbons (Fsp3) is 0.846. The maximum absolute atomic E-state index is 12.2. The van der Waals surface area contributed by atoms with Gasteiger partial charge in [-0.25, -0.2) is 0 Å². The molecule has 1 unspecified atom stereocenters. The molecule has 0 aliphatic carbocycles. The van der Waals surface area contributed by atoms with Gasteiger partial charge in [0, 0.05) is 12.8 Å². The zero-order valence-corrected chi connectivity index (χ0v) is 29.9. The van der Waals surface area contributed by atoms with Crippen molar-refractivity contribution >= 4 is 23.5 Å². The Balaban J connectivity index is 3.58. The van der Waals surface area contributed by atoms with Crippen LogP contribution in [0, 0.1) is 0 Å². The van der Waals surface area contributed by atoms with Gasteiger partial charge >= 0.3 is 11.9 Å². The van der Waals surface area contributed by atoms with Crippen molar-refractivity contribution in [2.24, 2.45) is 0 Å². The Hall–Kier alpha value is -1.29. The van der Waals surface area contributed by atoms with Crippen molar-refractivity contribution in [3.05, 3.63) is 24.3 Å². The number of unbranched alkanes of at least 4 members (excludes halogenated alkanes) is 22. The average molecular weight is 639 g/mol. The van der Waals surface area contributed by atoms with Crippen LogP contribution in [-0.2, 0) is 19.1 Å². The van der Waals surface area contributed by atoms with Crippen LogP contribution in [0.15, 0.2) is 24.3 Å². The molecule has 0 radical (unpaired) electrons. The summed E-state index contributed by atoms with van der Waals surface area (Å²) in [5, 5.41) is 0. The summed E-state index contributed by atoms with van der Waals surface area (Å²) in [6.45, 7) is 4.57. The molecule has 5 heteroatoms. The Labute approximate surface area is 278 Å². The van der Waals surface area contributed by atoms with Gasteiger partial charge in [0.2, 0.25) is 0 Å². The highest BCUT2D eigenvalue weighted by Crippen LogP contribution is 2.13. The van der Waals surface area contributed by atoms with E-state index in [4.69, 9.17) is 21.1 Å². The highest BCUT2D eigenvalue weighted by Gasteiger charge is 2.16. The number of esters is 2. The number of allylic oxidation sites excluding steroid dienone is 4. The zero-order chi connectivity index (χ0) is 32.2. The monoisotopic (exact) mass is 639 g/mol. The summed E-state index contributed by atoms with van der Waals surface area (Å²) in [4.78, 5) is 24.3. The molecule has 0 spiro atoms. The topological polar surface area (TPSA) is 52.6 Å². The second-order valence-electron chi connectivity index (χ2n) is 12.6.